The van der Waals surface area contributed by atoms with Gasteiger partial charge in [-0.3, -0.25) is 4.79 Å². The number of hydrogen-bond acceptors (Lipinski definition) is 2. The standard InChI is InChI=1S/C15H19N3O/c1-2-8-17(13-6-7-13)15(19)10-12-11-16-18-9-4-3-5-14(12)18/h3-5,9,11,13H,2,6-8,10H2,1H3. The third-order valence-electron chi connectivity index (χ3n) is 3.62. The summed E-state index contributed by atoms with van der Waals surface area (Å²) in [5, 5.41) is 4.28. The molecule has 1 aliphatic rings. The Bertz CT molecular complexity index is 586. The number of amides is 1. The first-order valence-corrected chi connectivity index (χ1v) is 7.00. The first-order chi connectivity index (χ1) is 9.29. The number of carbonyl (C=O) groups excluding carboxylic acids is 1. The van der Waals surface area contributed by atoms with Crippen LogP contribution in [0.15, 0.2) is 30.6 Å². The molecule has 0 unspecified atom stereocenters. The Labute approximate surface area is 113 Å². The Kier molecular flexibility index (Phi) is 3.23. The van der Waals surface area contributed by atoms with Gasteiger partial charge in [0.2, 0.25) is 5.91 Å². The molecule has 0 saturated heterocycles. The molecular formula is C15H19N3O. The summed E-state index contributed by atoms with van der Waals surface area (Å²) in [7, 11) is 0. The molecule has 0 N–H and O–H groups in total. The fourth-order valence-electron chi connectivity index (χ4n) is 2.53. The molecule has 0 aliphatic heterocycles. The summed E-state index contributed by atoms with van der Waals surface area (Å²) in [5.74, 6) is 0.239. The number of pyridine rings is 1. The van der Waals surface area contributed by atoms with Crippen molar-refractivity contribution in [3.05, 3.63) is 36.2 Å². The van der Waals surface area contributed by atoms with Gasteiger partial charge in [0.05, 0.1) is 18.1 Å². The van der Waals surface area contributed by atoms with E-state index in [4.69, 9.17) is 0 Å². The Morgan fingerprint density at radius 2 is 2.32 bits per heavy atom. The van der Waals surface area contributed by atoms with Gasteiger partial charge in [0.25, 0.3) is 0 Å². The molecule has 3 rings (SSSR count). The summed E-state index contributed by atoms with van der Waals surface area (Å²) in [6.07, 6.45) is 7.54. The van der Waals surface area contributed by atoms with E-state index in [2.05, 4.69) is 12.0 Å². The van der Waals surface area contributed by atoms with Crippen LogP contribution >= 0.6 is 0 Å². The van der Waals surface area contributed by atoms with Crippen molar-refractivity contribution >= 4 is 11.4 Å². The van der Waals surface area contributed by atoms with Crippen molar-refractivity contribution < 1.29 is 4.79 Å². The number of fused-ring (bicyclic) bond motifs is 1. The van der Waals surface area contributed by atoms with Gasteiger partial charge < -0.3 is 4.90 Å². The van der Waals surface area contributed by atoms with Crippen LogP contribution in [0.5, 0.6) is 0 Å². The topological polar surface area (TPSA) is 37.6 Å². The third-order valence-corrected chi connectivity index (χ3v) is 3.62. The largest absolute Gasteiger partial charge is 0.339 e. The second-order valence-corrected chi connectivity index (χ2v) is 5.20. The van der Waals surface area contributed by atoms with Gasteiger partial charge in [-0.25, -0.2) is 4.52 Å². The molecule has 2 aromatic rings. The quantitative estimate of drug-likeness (QED) is 0.824. The zero-order valence-corrected chi connectivity index (χ0v) is 11.2. The maximum atomic E-state index is 12.4. The molecular weight excluding hydrogens is 238 g/mol. The van der Waals surface area contributed by atoms with Crippen LogP contribution in [-0.4, -0.2) is 33.0 Å². The predicted octanol–water partition coefficient (Wildman–Crippen LogP) is 2.28. The number of nitrogens with zero attached hydrogens (tertiary/aromatic N) is 3. The molecule has 0 bridgehead atoms. The van der Waals surface area contributed by atoms with Gasteiger partial charge in [0.15, 0.2) is 0 Å². The normalized spacial score (nSPS) is 14.8. The van der Waals surface area contributed by atoms with Gasteiger partial charge in [-0.1, -0.05) is 13.0 Å². The molecule has 1 amide bonds. The summed E-state index contributed by atoms with van der Waals surface area (Å²) in [6.45, 7) is 3.00. The monoisotopic (exact) mass is 257 g/mol. The SMILES string of the molecule is CCCN(C(=O)Cc1cnn2ccccc12)C1CC1. The maximum Gasteiger partial charge on any atom is 0.227 e. The molecule has 0 atom stereocenters. The van der Waals surface area contributed by atoms with Crippen molar-refractivity contribution in [2.75, 3.05) is 6.54 Å². The maximum absolute atomic E-state index is 12.4. The summed E-state index contributed by atoms with van der Waals surface area (Å²) >= 11 is 0. The average Bonchev–Trinajstić information content (AvgIpc) is 3.19. The van der Waals surface area contributed by atoms with Crippen LogP contribution in [-0.2, 0) is 11.2 Å². The lowest BCUT2D eigenvalue weighted by molar-refractivity contribution is -0.131. The molecule has 4 nitrogen and oxygen atoms in total. The summed E-state index contributed by atoms with van der Waals surface area (Å²) in [6, 6.07) is 6.43. The lowest BCUT2D eigenvalue weighted by Gasteiger charge is -2.21. The smallest absolute Gasteiger partial charge is 0.227 e. The van der Waals surface area contributed by atoms with Gasteiger partial charge in [-0.05, 0) is 31.4 Å². The molecule has 1 fully saturated rings. The highest BCUT2D eigenvalue weighted by molar-refractivity contribution is 5.81. The minimum absolute atomic E-state index is 0.239. The average molecular weight is 257 g/mol. The van der Waals surface area contributed by atoms with E-state index in [-0.39, 0.29) is 5.91 Å². The molecule has 100 valence electrons. The van der Waals surface area contributed by atoms with Crippen molar-refractivity contribution in [3.8, 4) is 0 Å². The molecule has 0 aromatic carbocycles. The zero-order valence-electron chi connectivity index (χ0n) is 11.2. The van der Waals surface area contributed by atoms with E-state index in [9.17, 15) is 4.79 Å². The van der Waals surface area contributed by atoms with E-state index >= 15 is 0 Å². The van der Waals surface area contributed by atoms with Crippen molar-refractivity contribution in [1.29, 1.82) is 0 Å². The Morgan fingerprint density at radius 3 is 3.05 bits per heavy atom. The van der Waals surface area contributed by atoms with E-state index in [1.807, 2.05) is 40.0 Å². The number of aromatic nitrogens is 2. The summed E-state index contributed by atoms with van der Waals surface area (Å²) in [4.78, 5) is 14.5. The van der Waals surface area contributed by atoms with Crippen molar-refractivity contribution in [2.24, 2.45) is 0 Å². The van der Waals surface area contributed by atoms with Crippen LogP contribution in [0.3, 0.4) is 0 Å². The van der Waals surface area contributed by atoms with Gasteiger partial charge in [-0.15, -0.1) is 0 Å². The zero-order chi connectivity index (χ0) is 13.2. The molecule has 2 aromatic heterocycles. The number of rotatable bonds is 5. The van der Waals surface area contributed by atoms with Crippen LogP contribution in [0.1, 0.15) is 31.7 Å². The second-order valence-electron chi connectivity index (χ2n) is 5.20. The lowest BCUT2D eigenvalue weighted by atomic mass is 10.1. The Hall–Kier alpha value is -1.84. The highest BCUT2D eigenvalue weighted by Crippen LogP contribution is 2.27. The minimum Gasteiger partial charge on any atom is -0.339 e. The van der Waals surface area contributed by atoms with Crippen LogP contribution in [0, 0.1) is 0 Å². The molecule has 4 heteroatoms. The third kappa shape index (κ3) is 2.48. The number of carbonyl (C=O) groups is 1. The van der Waals surface area contributed by atoms with Crippen molar-refractivity contribution in [1.82, 2.24) is 14.5 Å². The van der Waals surface area contributed by atoms with E-state index in [0.717, 1.165) is 24.0 Å². The minimum atomic E-state index is 0.239. The van der Waals surface area contributed by atoms with Crippen LogP contribution in [0.2, 0.25) is 0 Å². The molecule has 1 saturated carbocycles. The number of hydrogen-bond donors (Lipinski definition) is 0. The van der Waals surface area contributed by atoms with Gasteiger partial charge >= 0.3 is 0 Å². The second kappa shape index (κ2) is 5.03. The van der Waals surface area contributed by atoms with E-state index in [0.29, 0.717) is 12.5 Å². The first kappa shape index (κ1) is 12.2. The van der Waals surface area contributed by atoms with Crippen LogP contribution < -0.4 is 0 Å². The molecule has 2 heterocycles. The molecule has 0 radical (unpaired) electrons. The predicted molar refractivity (Wildman–Crippen MR) is 73.9 cm³/mol. The fourth-order valence-corrected chi connectivity index (χ4v) is 2.53. The van der Waals surface area contributed by atoms with E-state index < -0.39 is 0 Å². The van der Waals surface area contributed by atoms with Gasteiger partial charge in [0.1, 0.15) is 0 Å². The highest BCUT2D eigenvalue weighted by atomic mass is 16.2. The van der Waals surface area contributed by atoms with E-state index in [1.165, 1.54) is 12.8 Å². The summed E-state index contributed by atoms with van der Waals surface area (Å²) in [5.41, 5.74) is 2.05. The summed E-state index contributed by atoms with van der Waals surface area (Å²) < 4.78 is 1.82. The van der Waals surface area contributed by atoms with Crippen LogP contribution in [0.25, 0.3) is 5.52 Å². The molecule has 0 spiro atoms. The first-order valence-electron chi connectivity index (χ1n) is 7.00. The van der Waals surface area contributed by atoms with Gasteiger partial charge in [0, 0.05) is 24.3 Å². The molecule has 19 heavy (non-hydrogen) atoms. The van der Waals surface area contributed by atoms with Gasteiger partial charge in [-0.2, -0.15) is 5.10 Å². The van der Waals surface area contributed by atoms with E-state index in [1.54, 1.807) is 0 Å². The Balaban J connectivity index is 1.78. The van der Waals surface area contributed by atoms with Crippen LogP contribution in [0.4, 0.5) is 0 Å². The highest BCUT2D eigenvalue weighted by Gasteiger charge is 2.31. The lowest BCUT2D eigenvalue weighted by Crippen LogP contribution is -2.34. The molecule has 1 aliphatic carbocycles. The van der Waals surface area contributed by atoms with Crippen molar-refractivity contribution in [2.45, 2.75) is 38.6 Å². The Morgan fingerprint density at radius 1 is 1.47 bits per heavy atom. The fraction of sp³-hybridized carbons (Fsp3) is 0.467. The van der Waals surface area contributed by atoms with Crippen molar-refractivity contribution in [3.63, 3.8) is 0 Å².